The quantitative estimate of drug-likeness (QED) is 0.708. The lowest BCUT2D eigenvalue weighted by Gasteiger charge is -2.28. The standard InChI is InChI=1S/C16H18BrClN2/c1-11-8-13(9-17)10-19-16(11)20(3)12(2)14-4-6-15(18)7-5-14/h4-8,10,12H,9H2,1-3H3. The van der Waals surface area contributed by atoms with Gasteiger partial charge in [0.15, 0.2) is 0 Å². The van der Waals surface area contributed by atoms with Crippen molar-refractivity contribution in [1.29, 1.82) is 0 Å². The smallest absolute Gasteiger partial charge is 0.131 e. The molecule has 2 rings (SSSR count). The Balaban J connectivity index is 2.26. The van der Waals surface area contributed by atoms with E-state index in [0.717, 1.165) is 16.2 Å². The van der Waals surface area contributed by atoms with Crippen LogP contribution in [0, 0.1) is 6.92 Å². The Morgan fingerprint density at radius 3 is 2.50 bits per heavy atom. The second-order valence-corrected chi connectivity index (χ2v) is 5.95. The van der Waals surface area contributed by atoms with Crippen LogP contribution in [-0.2, 0) is 5.33 Å². The maximum atomic E-state index is 5.94. The van der Waals surface area contributed by atoms with Gasteiger partial charge in [-0.1, -0.05) is 45.7 Å². The molecule has 2 aromatic rings. The van der Waals surface area contributed by atoms with Gasteiger partial charge in [0.05, 0.1) is 6.04 Å². The molecule has 1 aromatic heterocycles. The fraction of sp³-hybridized carbons (Fsp3) is 0.312. The molecule has 1 atom stereocenters. The largest absolute Gasteiger partial charge is 0.353 e. The van der Waals surface area contributed by atoms with Crippen LogP contribution >= 0.6 is 27.5 Å². The number of pyridine rings is 1. The highest BCUT2D eigenvalue weighted by molar-refractivity contribution is 9.08. The molecular formula is C16H18BrClN2. The van der Waals surface area contributed by atoms with Crippen LogP contribution in [0.3, 0.4) is 0 Å². The minimum Gasteiger partial charge on any atom is -0.353 e. The highest BCUT2D eigenvalue weighted by Crippen LogP contribution is 2.27. The topological polar surface area (TPSA) is 16.1 Å². The number of hydrogen-bond donors (Lipinski definition) is 0. The lowest BCUT2D eigenvalue weighted by Crippen LogP contribution is -2.23. The summed E-state index contributed by atoms with van der Waals surface area (Å²) in [5.74, 6) is 1.01. The van der Waals surface area contributed by atoms with Gasteiger partial charge in [0.1, 0.15) is 5.82 Å². The van der Waals surface area contributed by atoms with E-state index in [9.17, 15) is 0 Å². The van der Waals surface area contributed by atoms with Gasteiger partial charge >= 0.3 is 0 Å². The third-order valence-electron chi connectivity index (χ3n) is 3.53. The normalized spacial score (nSPS) is 12.2. The lowest BCUT2D eigenvalue weighted by molar-refractivity contribution is 0.725. The van der Waals surface area contributed by atoms with Gasteiger partial charge in [-0.25, -0.2) is 4.98 Å². The zero-order valence-electron chi connectivity index (χ0n) is 11.9. The molecule has 0 saturated carbocycles. The van der Waals surface area contributed by atoms with Crippen LogP contribution in [0.15, 0.2) is 36.5 Å². The average molecular weight is 354 g/mol. The molecule has 1 heterocycles. The molecule has 106 valence electrons. The molecule has 20 heavy (non-hydrogen) atoms. The van der Waals surface area contributed by atoms with Gasteiger partial charge in [-0.3, -0.25) is 0 Å². The number of hydrogen-bond acceptors (Lipinski definition) is 2. The molecule has 0 radical (unpaired) electrons. The van der Waals surface area contributed by atoms with E-state index < -0.39 is 0 Å². The molecule has 2 nitrogen and oxygen atoms in total. The van der Waals surface area contributed by atoms with Crippen LogP contribution < -0.4 is 4.90 Å². The molecule has 1 aromatic carbocycles. The van der Waals surface area contributed by atoms with Gasteiger partial charge in [0.25, 0.3) is 0 Å². The predicted molar refractivity (Wildman–Crippen MR) is 89.9 cm³/mol. The van der Waals surface area contributed by atoms with Crippen LogP contribution in [0.4, 0.5) is 5.82 Å². The maximum Gasteiger partial charge on any atom is 0.131 e. The molecule has 0 N–H and O–H groups in total. The second kappa shape index (κ2) is 6.59. The number of aryl methyl sites for hydroxylation is 1. The van der Waals surface area contributed by atoms with Crippen LogP contribution in [-0.4, -0.2) is 12.0 Å². The van der Waals surface area contributed by atoms with Crippen LogP contribution in [0.1, 0.15) is 29.7 Å². The van der Waals surface area contributed by atoms with E-state index in [1.807, 2.05) is 18.3 Å². The number of rotatable bonds is 4. The van der Waals surface area contributed by atoms with Crippen LogP contribution in [0.2, 0.25) is 5.02 Å². The third kappa shape index (κ3) is 3.33. The minimum absolute atomic E-state index is 0.244. The van der Waals surface area contributed by atoms with Crippen molar-refractivity contribution in [2.24, 2.45) is 0 Å². The zero-order valence-corrected chi connectivity index (χ0v) is 14.2. The molecule has 0 aliphatic carbocycles. The van der Waals surface area contributed by atoms with E-state index in [4.69, 9.17) is 11.6 Å². The number of benzene rings is 1. The van der Waals surface area contributed by atoms with E-state index in [2.05, 4.69) is 64.9 Å². The number of aromatic nitrogens is 1. The summed E-state index contributed by atoms with van der Waals surface area (Å²) < 4.78 is 0. The van der Waals surface area contributed by atoms with Gasteiger partial charge in [0.2, 0.25) is 0 Å². The van der Waals surface area contributed by atoms with Crippen LogP contribution in [0.25, 0.3) is 0 Å². The van der Waals surface area contributed by atoms with Crippen molar-refractivity contribution in [3.05, 3.63) is 58.2 Å². The molecule has 0 saturated heterocycles. The molecule has 4 heteroatoms. The summed E-state index contributed by atoms with van der Waals surface area (Å²) in [4.78, 5) is 6.77. The average Bonchev–Trinajstić information content (AvgIpc) is 2.46. The van der Waals surface area contributed by atoms with Crippen molar-refractivity contribution in [3.63, 3.8) is 0 Å². The summed E-state index contributed by atoms with van der Waals surface area (Å²) in [6.07, 6.45) is 1.92. The Morgan fingerprint density at radius 1 is 1.30 bits per heavy atom. The molecule has 0 amide bonds. The first-order valence-electron chi connectivity index (χ1n) is 6.52. The van der Waals surface area contributed by atoms with E-state index in [0.29, 0.717) is 0 Å². The van der Waals surface area contributed by atoms with E-state index in [1.54, 1.807) is 0 Å². The third-order valence-corrected chi connectivity index (χ3v) is 4.43. The first-order valence-corrected chi connectivity index (χ1v) is 8.02. The molecule has 0 aliphatic heterocycles. The number of anilines is 1. The number of nitrogens with zero attached hydrogens (tertiary/aromatic N) is 2. The molecule has 0 spiro atoms. The second-order valence-electron chi connectivity index (χ2n) is 4.96. The van der Waals surface area contributed by atoms with Gasteiger partial charge in [-0.2, -0.15) is 0 Å². The monoisotopic (exact) mass is 352 g/mol. The molecule has 0 fully saturated rings. The summed E-state index contributed by atoms with van der Waals surface area (Å²) in [5.41, 5.74) is 3.60. The fourth-order valence-corrected chi connectivity index (χ4v) is 2.65. The summed E-state index contributed by atoms with van der Waals surface area (Å²) in [5, 5.41) is 1.59. The van der Waals surface area contributed by atoms with Crippen molar-refractivity contribution in [1.82, 2.24) is 4.98 Å². The fourth-order valence-electron chi connectivity index (χ4n) is 2.22. The maximum absolute atomic E-state index is 5.94. The number of halogens is 2. The molecule has 0 bridgehead atoms. The Labute approximate surface area is 133 Å². The van der Waals surface area contributed by atoms with Crippen molar-refractivity contribution in [2.75, 3.05) is 11.9 Å². The summed E-state index contributed by atoms with van der Waals surface area (Å²) in [6, 6.07) is 10.4. The van der Waals surface area contributed by atoms with E-state index in [-0.39, 0.29) is 6.04 Å². The van der Waals surface area contributed by atoms with E-state index in [1.165, 1.54) is 16.7 Å². The Hall–Kier alpha value is -1.06. The van der Waals surface area contributed by atoms with E-state index >= 15 is 0 Å². The van der Waals surface area contributed by atoms with Gasteiger partial charge in [-0.15, -0.1) is 0 Å². The first-order chi connectivity index (χ1) is 9.52. The summed E-state index contributed by atoms with van der Waals surface area (Å²) in [6.45, 7) is 4.27. The van der Waals surface area contributed by atoms with Crippen molar-refractivity contribution in [2.45, 2.75) is 25.2 Å². The van der Waals surface area contributed by atoms with Crippen molar-refractivity contribution < 1.29 is 0 Å². The summed E-state index contributed by atoms with van der Waals surface area (Å²) in [7, 11) is 2.07. The SMILES string of the molecule is Cc1cc(CBr)cnc1N(C)C(C)c1ccc(Cl)cc1. The van der Waals surface area contributed by atoms with Gasteiger partial charge < -0.3 is 4.90 Å². The molecule has 0 aliphatic rings. The highest BCUT2D eigenvalue weighted by Gasteiger charge is 2.15. The van der Waals surface area contributed by atoms with Crippen molar-refractivity contribution in [3.8, 4) is 0 Å². The van der Waals surface area contributed by atoms with Gasteiger partial charge in [-0.05, 0) is 42.7 Å². The summed E-state index contributed by atoms with van der Waals surface area (Å²) >= 11 is 9.40. The molecule has 1 unspecified atom stereocenters. The Morgan fingerprint density at radius 2 is 1.95 bits per heavy atom. The first kappa shape index (κ1) is 15.3. The number of alkyl halides is 1. The van der Waals surface area contributed by atoms with Gasteiger partial charge in [0, 0.05) is 23.6 Å². The van der Waals surface area contributed by atoms with Crippen molar-refractivity contribution >= 4 is 33.3 Å². The Bertz CT molecular complexity index is 584. The predicted octanol–water partition coefficient (Wildman–Crippen LogP) is 5.14. The zero-order chi connectivity index (χ0) is 14.7. The Kier molecular flexibility index (Phi) is 5.06. The highest BCUT2D eigenvalue weighted by atomic mass is 79.9. The van der Waals surface area contributed by atoms with Crippen LogP contribution in [0.5, 0.6) is 0 Å². The lowest BCUT2D eigenvalue weighted by atomic mass is 10.1. The minimum atomic E-state index is 0.244. The molecular weight excluding hydrogens is 336 g/mol.